The number of nitrogens with zero attached hydrogens (tertiary/aromatic N) is 1. The van der Waals surface area contributed by atoms with Crippen LogP contribution < -0.4 is 4.74 Å². The molecule has 0 radical (unpaired) electrons. The highest BCUT2D eigenvalue weighted by molar-refractivity contribution is 7.09. The smallest absolute Gasteiger partial charge is 0.335 e. The summed E-state index contributed by atoms with van der Waals surface area (Å²) in [5, 5.41) is 12.0. The van der Waals surface area contributed by atoms with Crippen molar-refractivity contribution in [1.82, 2.24) is 4.98 Å². The lowest BCUT2D eigenvalue weighted by molar-refractivity contribution is 0.0697. The summed E-state index contributed by atoms with van der Waals surface area (Å²) in [5.74, 6) is -0.253. The third kappa shape index (κ3) is 3.79. The molecule has 0 bridgehead atoms. The second-order valence-corrected chi connectivity index (χ2v) is 4.96. The van der Waals surface area contributed by atoms with Crippen LogP contribution in [0.15, 0.2) is 29.6 Å². The highest BCUT2D eigenvalue weighted by Crippen LogP contribution is 2.14. The Morgan fingerprint density at radius 3 is 2.68 bits per heavy atom. The van der Waals surface area contributed by atoms with Crippen LogP contribution in [0.5, 0.6) is 5.75 Å². The lowest BCUT2D eigenvalue weighted by atomic mass is 10.2. The molecular formula is C14H15NO3S. The van der Waals surface area contributed by atoms with E-state index in [2.05, 4.69) is 17.3 Å². The standard InChI is InChI=1S/C14H15NO3S/c1-2-13-15-11(9-19-13)7-8-18-12-5-3-10(4-6-12)14(16)17/h3-6,9H,2,7-8H2,1H3,(H,16,17). The summed E-state index contributed by atoms with van der Waals surface area (Å²) in [6, 6.07) is 6.41. The van der Waals surface area contributed by atoms with Crippen molar-refractivity contribution in [3.8, 4) is 5.75 Å². The molecule has 5 heteroatoms. The minimum absolute atomic E-state index is 0.263. The van der Waals surface area contributed by atoms with Gasteiger partial charge in [0.1, 0.15) is 5.75 Å². The number of aryl methyl sites for hydroxylation is 1. The zero-order valence-electron chi connectivity index (χ0n) is 10.6. The van der Waals surface area contributed by atoms with E-state index in [9.17, 15) is 4.79 Å². The molecule has 4 nitrogen and oxygen atoms in total. The van der Waals surface area contributed by atoms with Gasteiger partial charge in [0.05, 0.1) is 22.9 Å². The van der Waals surface area contributed by atoms with Crippen molar-refractivity contribution in [1.29, 1.82) is 0 Å². The second-order valence-electron chi connectivity index (χ2n) is 4.01. The summed E-state index contributed by atoms with van der Waals surface area (Å²) >= 11 is 1.67. The van der Waals surface area contributed by atoms with Gasteiger partial charge in [0.15, 0.2) is 0 Å². The number of carboxylic acids is 1. The Kier molecular flexibility index (Phi) is 4.52. The molecule has 0 unspecified atom stereocenters. The van der Waals surface area contributed by atoms with Crippen molar-refractivity contribution in [3.05, 3.63) is 45.9 Å². The van der Waals surface area contributed by atoms with E-state index in [1.165, 1.54) is 12.1 Å². The van der Waals surface area contributed by atoms with Crippen LogP contribution in [-0.2, 0) is 12.8 Å². The first-order valence-corrected chi connectivity index (χ1v) is 6.96. The molecule has 100 valence electrons. The second kappa shape index (κ2) is 6.33. The van der Waals surface area contributed by atoms with E-state index in [4.69, 9.17) is 9.84 Å². The summed E-state index contributed by atoms with van der Waals surface area (Å²) in [6.45, 7) is 2.63. The van der Waals surface area contributed by atoms with Crippen LogP contribution in [0.2, 0.25) is 0 Å². The third-order valence-electron chi connectivity index (χ3n) is 2.63. The predicted molar refractivity (Wildman–Crippen MR) is 74.1 cm³/mol. The molecule has 0 amide bonds. The molecule has 0 atom stereocenters. The van der Waals surface area contributed by atoms with Gasteiger partial charge in [0.2, 0.25) is 0 Å². The van der Waals surface area contributed by atoms with Crippen molar-refractivity contribution in [2.45, 2.75) is 19.8 Å². The van der Waals surface area contributed by atoms with E-state index < -0.39 is 5.97 Å². The summed E-state index contributed by atoms with van der Waals surface area (Å²) < 4.78 is 5.56. The Balaban J connectivity index is 1.83. The molecule has 0 aliphatic carbocycles. The van der Waals surface area contributed by atoms with Crippen molar-refractivity contribution >= 4 is 17.3 Å². The average molecular weight is 277 g/mol. The summed E-state index contributed by atoms with van der Waals surface area (Å²) in [6.07, 6.45) is 1.72. The van der Waals surface area contributed by atoms with Gasteiger partial charge in [-0.05, 0) is 30.7 Å². The Morgan fingerprint density at radius 1 is 1.37 bits per heavy atom. The highest BCUT2D eigenvalue weighted by Gasteiger charge is 2.03. The number of benzene rings is 1. The maximum atomic E-state index is 10.7. The molecule has 0 saturated carbocycles. The van der Waals surface area contributed by atoms with Crippen molar-refractivity contribution < 1.29 is 14.6 Å². The normalized spacial score (nSPS) is 10.4. The molecule has 0 spiro atoms. The van der Waals surface area contributed by atoms with Crippen LogP contribution in [0.3, 0.4) is 0 Å². The fraction of sp³-hybridized carbons (Fsp3) is 0.286. The lowest BCUT2D eigenvalue weighted by Gasteiger charge is -2.05. The molecule has 1 aromatic carbocycles. The van der Waals surface area contributed by atoms with Crippen LogP contribution in [0, 0.1) is 0 Å². The summed E-state index contributed by atoms with van der Waals surface area (Å²) in [7, 11) is 0. The molecule has 0 aliphatic heterocycles. The molecule has 1 heterocycles. The predicted octanol–water partition coefficient (Wildman–Crippen LogP) is 3.03. The average Bonchev–Trinajstić information content (AvgIpc) is 2.87. The van der Waals surface area contributed by atoms with Gasteiger partial charge in [-0.25, -0.2) is 9.78 Å². The number of hydrogen-bond donors (Lipinski definition) is 1. The van der Waals surface area contributed by atoms with Crippen LogP contribution in [0.1, 0.15) is 28.0 Å². The SMILES string of the molecule is CCc1nc(CCOc2ccc(C(=O)O)cc2)cs1. The minimum atomic E-state index is -0.930. The summed E-state index contributed by atoms with van der Waals surface area (Å²) in [4.78, 5) is 15.2. The number of hydrogen-bond acceptors (Lipinski definition) is 4. The van der Waals surface area contributed by atoms with E-state index >= 15 is 0 Å². The van der Waals surface area contributed by atoms with Gasteiger partial charge < -0.3 is 9.84 Å². The minimum Gasteiger partial charge on any atom is -0.493 e. The first-order chi connectivity index (χ1) is 9.19. The lowest BCUT2D eigenvalue weighted by Crippen LogP contribution is -2.02. The Hall–Kier alpha value is -1.88. The van der Waals surface area contributed by atoms with Crippen LogP contribution in [-0.4, -0.2) is 22.7 Å². The van der Waals surface area contributed by atoms with Crippen molar-refractivity contribution in [2.24, 2.45) is 0 Å². The van der Waals surface area contributed by atoms with Gasteiger partial charge >= 0.3 is 5.97 Å². The maximum Gasteiger partial charge on any atom is 0.335 e. The topological polar surface area (TPSA) is 59.4 Å². The van der Waals surface area contributed by atoms with Gasteiger partial charge in [-0.2, -0.15) is 0 Å². The zero-order chi connectivity index (χ0) is 13.7. The molecular weight excluding hydrogens is 262 g/mol. The first-order valence-electron chi connectivity index (χ1n) is 6.08. The van der Waals surface area contributed by atoms with E-state index in [-0.39, 0.29) is 5.56 Å². The van der Waals surface area contributed by atoms with Gasteiger partial charge in [0.25, 0.3) is 0 Å². The van der Waals surface area contributed by atoms with Gasteiger partial charge in [0, 0.05) is 11.8 Å². The largest absolute Gasteiger partial charge is 0.493 e. The number of aromatic nitrogens is 1. The van der Waals surface area contributed by atoms with Crippen molar-refractivity contribution in [3.63, 3.8) is 0 Å². The number of carbonyl (C=O) groups is 1. The van der Waals surface area contributed by atoms with Crippen LogP contribution >= 0.6 is 11.3 Å². The molecule has 1 aromatic heterocycles. The molecule has 19 heavy (non-hydrogen) atoms. The number of carboxylic acid groups (broad SMARTS) is 1. The Morgan fingerprint density at radius 2 is 2.11 bits per heavy atom. The number of thiazole rings is 1. The fourth-order valence-electron chi connectivity index (χ4n) is 1.59. The third-order valence-corrected chi connectivity index (χ3v) is 3.67. The molecule has 1 N–H and O–H groups in total. The van der Waals surface area contributed by atoms with E-state index in [1.807, 2.05) is 0 Å². The fourth-order valence-corrected chi connectivity index (χ4v) is 2.37. The van der Waals surface area contributed by atoms with E-state index in [0.717, 1.165) is 23.5 Å². The van der Waals surface area contributed by atoms with Gasteiger partial charge in [-0.1, -0.05) is 6.92 Å². The van der Waals surface area contributed by atoms with Crippen molar-refractivity contribution in [2.75, 3.05) is 6.61 Å². The van der Waals surface area contributed by atoms with E-state index in [0.29, 0.717) is 12.4 Å². The van der Waals surface area contributed by atoms with Gasteiger partial charge in [-0.3, -0.25) is 0 Å². The van der Waals surface area contributed by atoms with E-state index in [1.54, 1.807) is 23.5 Å². The zero-order valence-corrected chi connectivity index (χ0v) is 11.4. The Bertz CT molecular complexity index is 548. The molecule has 0 saturated heterocycles. The number of aromatic carboxylic acids is 1. The maximum absolute atomic E-state index is 10.7. The molecule has 2 rings (SSSR count). The van der Waals surface area contributed by atoms with Crippen LogP contribution in [0.4, 0.5) is 0 Å². The molecule has 0 aliphatic rings. The number of ether oxygens (including phenoxy) is 1. The Labute approximate surface area is 115 Å². The monoisotopic (exact) mass is 277 g/mol. The first kappa shape index (κ1) is 13.5. The molecule has 2 aromatic rings. The quantitative estimate of drug-likeness (QED) is 0.881. The number of rotatable bonds is 6. The van der Waals surface area contributed by atoms with Crippen LogP contribution in [0.25, 0.3) is 0 Å². The highest BCUT2D eigenvalue weighted by atomic mass is 32.1. The van der Waals surface area contributed by atoms with Gasteiger partial charge in [-0.15, -0.1) is 11.3 Å². The molecule has 0 fully saturated rings. The summed E-state index contributed by atoms with van der Waals surface area (Å²) in [5.41, 5.74) is 1.31.